The van der Waals surface area contributed by atoms with E-state index in [4.69, 9.17) is 16.6 Å². The van der Waals surface area contributed by atoms with Crippen LogP contribution in [0.1, 0.15) is 29.7 Å². The molecule has 1 aliphatic carbocycles. The summed E-state index contributed by atoms with van der Waals surface area (Å²) in [6.45, 7) is 3.26. The molecule has 1 fully saturated rings. The molecule has 0 unspecified atom stereocenters. The van der Waals surface area contributed by atoms with Crippen molar-refractivity contribution in [1.29, 1.82) is 0 Å². The molecule has 0 N–H and O–H groups in total. The third-order valence-corrected chi connectivity index (χ3v) is 5.40. The zero-order chi connectivity index (χ0) is 17.4. The van der Waals surface area contributed by atoms with E-state index in [1.165, 1.54) is 6.07 Å². The lowest BCUT2D eigenvalue weighted by Crippen LogP contribution is -2.26. The number of fused-ring (bicyclic) bond motifs is 1. The second-order valence-corrected chi connectivity index (χ2v) is 7.12. The van der Waals surface area contributed by atoms with Crippen molar-refractivity contribution >= 4 is 22.5 Å². The third-order valence-electron chi connectivity index (χ3n) is 4.89. The smallest absolute Gasteiger partial charge is 0.127 e. The number of halogens is 2. The Morgan fingerprint density at radius 3 is 2.56 bits per heavy atom. The minimum Gasteiger partial charge on any atom is -0.290 e. The molecule has 1 aromatic heterocycles. The minimum absolute atomic E-state index is 0.151. The van der Waals surface area contributed by atoms with Gasteiger partial charge in [0, 0.05) is 30.1 Å². The molecule has 3 aromatic rings. The van der Waals surface area contributed by atoms with Gasteiger partial charge in [-0.1, -0.05) is 48.0 Å². The van der Waals surface area contributed by atoms with E-state index in [1.54, 1.807) is 6.07 Å². The van der Waals surface area contributed by atoms with Gasteiger partial charge in [0.15, 0.2) is 0 Å². The fourth-order valence-electron chi connectivity index (χ4n) is 3.31. The zero-order valence-corrected chi connectivity index (χ0v) is 14.9. The standard InChI is InChI=1S/C21H20ClFN2/c1-14-17-7-3-5-9-19(17)24-20(21(14)22)13-25(16-10-11-16)12-15-6-2-4-8-18(15)23/h2-9,16H,10-13H2,1H3. The van der Waals surface area contributed by atoms with Crippen molar-refractivity contribution in [1.82, 2.24) is 9.88 Å². The molecule has 0 bridgehead atoms. The normalized spacial score (nSPS) is 14.4. The molecule has 1 aliphatic rings. The first-order valence-electron chi connectivity index (χ1n) is 8.64. The second kappa shape index (κ2) is 6.74. The van der Waals surface area contributed by atoms with Crippen LogP contribution in [0.4, 0.5) is 4.39 Å². The summed E-state index contributed by atoms with van der Waals surface area (Å²) in [6, 6.07) is 15.5. The van der Waals surface area contributed by atoms with Gasteiger partial charge in [-0.2, -0.15) is 0 Å². The van der Waals surface area contributed by atoms with Crippen LogP contribution in [0, 0.1) is 12.7 Å². The Bertz CT molecular complexity index is 921. The molecular formula is C21H20ClFN2. The van der Waals surface area contributed by atoms with Gasteiger partial charge in [0.1, 0.15) is 5.82 Å². The van der Waals surface area contributed by atoms with E-state index in [1.807, 2.05) is 43.3 Å². The molecule has 4 heteroatoms. The lowest BCUT2D eigenvalue weighted by molar-refractivity contribution is 0.239. The average molecular weight is 355 g/mol. The van der Waals surface area contributed by atoms with Crippen molar-refractivity contribution in [2.75, 3.05) is 0 Å². The summed E-state index contributed by atoms with van der Waals surface area (Å²) < 4.78 is 14.1. The van der Waals surface area contributed by atoms with Crippen molar-refractivity contribution in [3.05, 3.63) is 76.2 Å². The second-order valence-electron chi connectivity index (χ2n) is 6.74. The molecule has 0 radical (unpaired) electrons. The number of aryl methyl sites for hydroxylation is 1. The topological polar surface area (TPSA) is 16.1 Å². The van der Waals surface area contributed by atoms with Crippen LogP contribution in [0.3, 0.4) is 0 Å². The molecule has 25 heavy (non-hydrogen) atoms. The molecule has 0 saturated heterocycles. The predicted molar refractivity (Wildman–Crippen MR) is 100 cm³/mol. The Labute approximate surface area is 152 Å². The molecule has 0 amide bonds. The highest BCUT2D eigenvalue weighted by atomic mass is 35.5. The van der Waals surface area contributed by atoms with Gasteiger partial charge in [0.25, 0.3) is 0 Å². The maximum atomic E-state index is 14.1. The summed E-state index contributed by atoms with van der Waals surface area (Å²) in [5, 5.41) is 1.81. The van der Waals surface area contributed by atoms with Crippen LogP contribution in [-0.2, 0) is 13.1 Å². The molecule has 4 rings (SSSR count). The van der Waals surface area contributed by atoms with Crippen LogP contribution in [0.2, 0.25) is 5.02 Å². The summed E-state index contributed by atoms with van der Waals surface area (Å²) in [4.78, 5) is 7.07. The Hall–Kier alpha value is -1.97. The highest BCUT2D eigenvalue weighted by Gasteiger charge is 2.30. The summed E-state index contributed by atoms with van der Waals surface area (Å²) in [7, 11) is 0. The fraction of sp³-hybridized carbons (Fsp3) is 0.286. The molecule has 1 saturated carbocycles. The Morgan fingerprint density at radius 1 is 1.08 bits per heavy atom. The Balaban J connectivity index is 1.66. The predicted octanol–water partition coefficient (Wildman–Crippen LogP) is 5.50. The third kappa shape index (κ3) is 3.39. The number of nitrogens with zero attached hydrogens (tertiary/aromatic N) is 2. The van der Waals surface area contributed by atoms with Crippen LogP contribution < -0.4 is 0 Å². The molecule has 128 valence electrons. The summed E-state index contributed by atoms with van der Waals surface area (Å²) in [6.07, 6.45) is 2.30. The number of para-hydroxylation sites is 1. The van der Waals surface area contributed by atoms with E-state index in [-0.39, 0.29) is 5.82 Å². The summed E-state index contributed by atoms with van der Waals surface area (Å²) in [5.74, 6) is -0.151. The fourth-order valence-corrected chi connectivity index (χ4v) is 3.52. The van der Waals surface area contributed by atoms with Crippen LogP contribution in [0.15, 0.2) is 48.5 Å². The number of aromatic nitrogens is 1. The monoisotopic (exact) mass is 354 g/mol. The first kappa shape index (κ1) is 16.5. The van der Waals surface area contributed by atoms with Gasteiger partial charge >= 0.3 is 0 Å². The zero-order valence-electron chi connectivity index (χ0n) is 14.2. The maximum Gasteiger partial charge on any atom is 0.127 e. The lowest BCUT2D eigenvalue weighted by Gasteiger charge is -2.23. The van der Waals surface area contributed by atoms with Gasteiger partial charge in [0.05, 0.1) is 16.2 Å². The summed E-state index contributed by atoms with van der Waals surface area (Å²) in [5.41, 5.74) is 3.62. The minimum atomic E-state index is -0.151. The van der Waals surface area contributed by atoms with Crippen molar-refractivity contribution in [3.8, 4) is 0 Å². The van der Waals surface area contributed by atoms with Gasteiger partial charge in [0.2, 0.25) is 0 Å². The van der Waals surface area contributed by atoms with Gasteiger partial charge in [-0.15, -0.1) is 0 Å². The Kier molecular flexibility index (Phi) is 4.45. The largest absolute Gasteiger partial charge is 0.290 e. The molecule has 1 heterocycles. The number of benzene rings is 2. The molecule has 0 aliphatic heterocycles. The van der Waals surface area contributed by atoms with Crippen LogP contribution in [0.5, 0.6) is 0 Å². The van der Waals surface area contributed by atoms with Crippen LogP contribution >= 0.6 is 11.6 Å². The summed E-state index contributed by atoms with van der Waals surface area (Å²) >= 11 is 6.61. The van der Waals surface area contributed by atoms with Crippen LogP contribution in [0.25, 0.3) is 10.9 Å². The van der Waals surface area contributed by atoms with Crippen molar-refractivity contribution in [2.45, 2.75) is 38.9 Å². The quantitative estimate of drug-likeness (QED) is 0.601. The van der Waals surface area contributed by atoms with E-state index < -0.39 is 0 Å². The number of hydrogen-bond acceptors (Lipinski definition) is 2. The highest BCUT2D eigenvalue weighted by Crippen LogP contribution is 2.33. The maximum absolute atomic E-state index is 14.1. The SMILES string of the molecule is Cc1c(Cl)c(CN(Cc2ccccc2F)C2CC2)nc2ccccc12. The van der Waals surface area contributed by atoms with Crippen LogP contribution in [-0.4, -0.2) is 15.9 Å². The van der Waals surface area contributed by atoms with E-state index in [0.29, 0.717) is 19.1 Å². The van der Waals surface area contributed by atoms with E-state index in [9.17, 15) is 4.39 Å². The molecule has 0 atom stereocenters. The van der Waals surface area contributed by atoms with E-state index >= 15 is 0 Å². The Morgan fingerprint density at radius 2 is 1.80 bits per heavy atom. The highest BCUT2D eigenvalue weighted by molar-refractivity contribution is 6.32. The average Bonchev–Trinajstić information content (AvgIpc) is 3.45. The molecular weight excluding hydrogens is 335 g/mol. The van der Waals surface area contributed by atoms with E-state index in [2.05, 4.69) is 4.90 Å². The van der Waals surface area contributed by atoms with Gasteiger partial charge in [-0.05, 0) is 37.5 Å². The lowest BCUT2D eigenvalue weighted by atomic mass is 10.1. The number of pyridine rings is 1. The van der Waals surface area contributed by atoms with Gasteiger partial charge < -0.3 is 0 Å². The molecule has 2 aromatic carbocycles. The van der Waals surface area contributed by atoms with E-state index in [0.717, 1.165) is 45.6 Å². The number of rotatable bonds is 5. The first-order valence-corrected chi connectivity index (χ1v) is 9.02. The molecule has 0 spiro atoms. The van der Waals surface area contributed by atoms with Crippen molar-refractivity contribution < 1.29 is 4.39 Å². The number of hydrogen-bond donors (Lipinski definition) is 0. The van der Waals surface area contributed by atoms with Crippen molar-refractivity contribution in [2.24, 2.45) is 0 Å². The first-order chi connectivity index (χ1) is 12.1. The van der Waals surface area contributed by atoms with Gasteiger partial charge in [-0.25, -0.2) is 9.37 Å². The van der Waals surface area contributed by atoms with Gasteiger partial charge in [-0.3, -0.25) is 4.90 Å². The van der Waals surface area contributed by atoms with Crippen molar-refractivity contribution in [3.63, 3.8) is 0 Å². The molecule has 2 nitrogen and oxygen atoms in total.